The molecule has 1 fully saturated rings. The Hall–Kier alpha value is -3.33. The minimum Gasteiger partial charge on any atom is -0.377 e. The van der Waals surface area contributed by atoms with Gasteiger partial charge in [-0.3, -0.25) is 15.1 Å². The van der Waals surface area contributed by atoms with Crippen LogP contribution in [0.25, 0.3) is 23.0 Å². The molecule has 138 valence electrons. The van der Waals surface area contributed by atoms with Crippen LogP contribution in [-0.2, 0) is 4.74 Å². The quantitative estimate of drug-likeness (QED) is 0.521. The second-order valence-electron chi connectivity index (χ2n) is 6.14. The van der Waals surface area contributed by atoms with E-state index in [1.807, 2.05) is 6.07 Å². The predicted molar refractivity (Wildman–Crippen MR) is 97.1 cm³/mol. The number of nitrogens with zero attached hydrogens (tertiary/aromatic N) is 4. The fourth-order valence-corrected chi connectivity index (χ4v) is 2.93. The molecule has 1 aliphatic heterocycles. The maximum absolute atomic E-state index is 11.5. The second kappa shape index (κ2) is 7.50. The van der Waals surface area contributed by atoms with E-state index in [0.29, 0.717) is 29.3 Å². The van der Waals surface area contributed by atoms with E-state index in [2.05, 4.69) is 20.4 Å². The van der Waals surface area contributed by atoms with Gasteiger partial charge in [0.2, 0.25) is 5.82 Å². The number of anilines is 1. The molecule has 0 bridgehead atoms. The highest BCUT2D eigenvalue weighted by molar-refractivity contribution is 5.70. The van der Waals surface area contributed by atoms with Crippen molar-refractivity contribution in [3.63, 3.8) is 0 Å². The van der Waals surface area contributed by atoms with Crippen LogP contribution in [0, 0.1) is 10.1 Å². The van der Waals surface area contributed by atoms with Gasteiger partial charge in [0.1, 0.15) is 11.4 Å². The average molecular weight is 367 g/mol. The predicted octanol–water partition coefficient (Wildman–Crippen LogP) is 3.30. The molecule has 0 aliphatic carbocycles. The number of nitro groups is 1. The van der Waals surface area contributed by atoms with Gasteiger partial charge < -0.3 is 14.6 Å². The number of nitrogens with one attached hydrogen (secondary N) is 1. The monoisotopic (exact) mass is 367 g/mol. The van der Waals surface area contributed by atoms with Crippen LogP contribution in [0.15, 0.2) is 47.1 Å². The fourth-order valence-electron chi connectivity index (χ4n) is 2.93. The second-order valence-corrected chi connectivity index (χ2v) is 6.14. The van der Waals surface area contributed by atoms with Gasteiger partial charge in [0.25, 0.3) is 11.6 Å². The fraction of sp³-hybridized carbons (Fsp3) is 0.278. The molecule has 27 heavy (non-hydrogen) atoms. The van der Waals surface area contributed by atoms with Crippen molar-refractivity contribution in [1.82, 2.24) is 15.1 Å². The summed E-state index contributed by atoms with van der Waals surface area (Å²) in [6.45, 7) is 1.27. The summed E-state index contributed by atoms with van der Waals surface area (Å²) in [6, 6.07) is 10.1. The summed E-state index contributed by atoms with van der Waals surface area (Å²) < 4.78 is 10.8. The first kappa shape index (κ1) is 17.1. The molecular formula is C18H17N5O4. The Morgan fingerprint density at radius 1 is 1.30 bits per heavy atom. The van der Waals surface area contributed by atoms with Crippen molar-refractivity contribution in [3.8, 4) is 23.0 Å². The molecule has 0 amide bonds. The van der Waals surface area contributed by atoms with E-state index in [9.17, 15) is 10.1 Å². The van der Waals surface area contributed by atoms with Crippen molar-refractivity contribution < 1.29 is 14.2 Å². The Bertz CT molecular complexity index is 938. The van der Waals surface area contributed by atoms with Crippen LogP contribution in [-0.4, -0.2) is 39.3 Å². The normalized spacial score (nSPS) is 16.4. The van der Waals surface area contributed by atoms with Crippen molar-refractivity contribution in [3.05, 3.63) is 52.7 Å². The summed E-state index contributed by atoms with van der Waals surface area (Å²) in [4.78, 5) is 19.5. The van der Waals surface area contributed by atoms with Gasteiger partial charge in [-0.2, -0.15) is 4.98 Å². The highest BCUT2D eigenvalue weighted by Gasteiger charge is 2.21. The summed E-state index contributed by atoms with van der Waals surface area (Å²) in [5, 5.41) is 18.5. The number of ether oxygens (including phenoxy) is 1. The zero-order chi connectivity index (χ0) is 18.6. The zero-order valence-corrected chi connectivity index (χ0v) is 14.4. The van der Waals surface area contributed by atoms with Gasteiger partial charge in [-0.25, -0.2) is 0 Å². The lowest BCUT2D eigenvalue weighted by atomic mass is 10.1. The van der Waals surface area contributed by atoms with Crippen LogP contribution in [0.3, 0.4) is 0 Å². The van der Waals surface area contributed by atoms with E-state index < -0.39 is 4.92 Å². The standard InChI is InChI=1S/C18H17N5O4/c24-23(25)16-10-12(6-7-14(16)20-11-13-4-3-9-26-13)18-21-17(22-27-18)15-5-1-2-8-19-15/h1-2,5-8,10,13,20H,3-4,9,11H2. The SMILES string of the molecule is O=[N+]([O-])c1cc(-c2nc(-c3ccccn3)no2)ccc1NCC1CCCO1. The van der Waals surface area contributed by atoms with Crippen LogP contribution in [0.2, 0.25) is 0 Å². The van der Waals surface area contributed by atoms with Crippen molar-refractivity contribution in [2.75, 3.05) is 18.5 Å². The third-order valence-electron chi connectivity index (χ3n) is 4.31. The summed E-state index contributed by atoms with van der Waals surface area (Å²) in [5.74, 6) is 0.526. The van der Waals surface area contributed by atoms with Crippen LogP contribution >= 0.6 is 0 Å². The molecule has 1 atom stereocenters. The van der Waals surface area contributed by atoms with E-state index in [4.69, 9.17) is 9.26 Å². The molecule has 9 nitrogen and oxygen atoms in total. The number of hydrogen-bond donors (Lipinski definition) is 1. The minimum atomic E-state index is -0.433. The Balaban J connectivity index is 1.57. The number of hydrogen-bond acceptors (Lipinski definition) is 8. The van der Waals surface area contributed by atoms with Crippen LogP contribution < -0.4 is 5.32 Å². The van der Waals surface area contributed by atoms with E-state index in [-0.39, 0.29) is 17.7 Å². The number of aromatic nitrogens is 3. The molecule has 1 aromatic carbocycles. The average Bonchev–Trinajstić information content (AvgIpc) is 3.39. The lowest BCUT2D eigenvalue weighted by Crippen LogP contribution is -2.18. The summed E-state index contributed by atoms with van der Waals surface area (Å²) in [7, 11) is 0. The van der Waals surface area contributed by atoms with E-state index >= 15 is 0 Å². The van der Waals surface area contributed by atoms with Gasteiger partial charge in [-0.05, 0) is 37.1 Å². The molecule has 3 heterocycles. The van der Waals surface area contributed by atoms with E-state index in [0.717, 1.165) is 19.4 Å². The lowest BCUT2D eigenvalue weighted by molar-refractivity contribution is -0.383. The van der Waals surface area contributed by atoms with Crippen molar-refractivity contribution in [1.29, 1.82) is 0 Å². The summed E-state index contributed by atoms with van der Waals surface area (Å²) in [5.41, 5.74) is 1.42. The molecule has 2 aromatic heterocycles. The van der Waals surface area contributed by atoms with Crippen LogP contribution in [0.4, 0.5) is 11.4 Å². The first-order valence-corrected chi connectivity index (χ1v) is 8.60. The molecule has 3 aromatic rings. The first-order valence-electron chi connectivity index (χ1n) is 8.60. The molecule has 0 spiro atoms. The van der Waals surface area contributed by atoms with Crippen molar-refractivity contribution in [2.24, 2.45) is 0 Å². The minimum absolute atomic E-state index is 0.0527. The molecule has 9 heteroatoms. The number of pyridine rings is 1. The molecule has 1 aliphatic rings. The highest BCUT2D eigenvalue weighted by Crippen LogP contribution is 2.31. The third-order valence-corrected chi connectivity index (χ3v) is 4.31. The first-order chi connectivity index (χ1) is 13.2. The Morgan fingerprint density at radius 2 is 2.22 bits per heavy atom. The molecule has 4 rings (SSSR count). The Kier molecular flexibility index (Phi) is 4.75. The Labute approximate surface area is 154 Å². The van der Waals surface area contributed by atoms with Gasteiger partial charge >= 0.3 is 0 Å². The summed E-state index contributed by atoms with van der Waals surface area (Å²) >= 11 is 0. The van der Waals surface area contributed by atoms with Crippen molar-refractivity contribution in [2.45, 2.75) is 18.9 Å². The molecule has 1 N–H and O–H groups in total. The van der Waals surface area contributed by atoms with Crippen molar-refractivity contribution >= 4 is 11.4 Å². The van der Waals surface area contributed by atoms with Gasteiger partial charge in [-0.15, -0.1) is 0 Å². The topological polar surface area (TPSA) is 116 Å². The van der Waals surface area contributed by atoms with E-state index in [1.54, 1.807) is 30.5 Å². The highest BCUT2D eigenvalue weighted by atomic mass is 16.6. The van der Waals surface area contributed by atoms with Gasteiger partial charge in [0, 0.05) is 31.0 Å². The van der Waals surface area contributed by atoms with Crippen LogP contribution in [0.1, 0.15) is 12.8 Å². The Morgan fingerprint density at radius 3 is 2.96 bits per heavy atom. The maximum atomic E-state index is 11.5. The molecule has 1 saturated heterocycles. The molecule has 0 saturated carbocycles. The maximum Gasteiger partial charge on any atom is 0.293 e. The van der Waals surface area contributed by atoms with Gasteiger partial charge in [0.05, 0.1) is 11.0 Å². The largest absolute Gasteiger partial charge is 0.377 e. The molecular weight excluding hydrogens is 350 g/mol. The number of rotatable bonds is 6. The lowest BCUT2D eigenvalue weighted by Gasteiger charge is -2.12. The van der Waals surface area contributed by atoms with Crippen LogP contribution in [0.5, 0.6) is 0 Å². The molecule has 0 radical (unpaired) electrons. The zero-order valence-electron chi connectivity index (χ0n) is 14.4. The smallest absolute Gasteiger partial charge is 0.293 e. The number of benzene rings is 1. The third kappa shape index (κ3) is 3.77. The van der Waals surface area contributed by atoms with Gasteiger partial charge in [0.15, 0.2) is 0 Å². The number of nitro benzene ring substituents is 1. The molecule has 1 unspecified atom stereocenters. The van der Waals surface area contributed by atoms with Gasteiger partial charge in [-0.1, -0.05) is 11.2 Å². The summed E-state index contributed by atoms with van der Waals surface area (Å²) in [6.07, 6.45) is 3.69. The van der Waals surface area contributed by atoms with E-state index in [1.165, 1.54) is 6.07 Å².